The number of benzene rings is 1. The summed E-state index contributed by atoms with van der Waals surface area (Å²) in [7, 11) is 0. The number of ether oxygens (including phenoxy) is 1. The fourth-order valence-electron chi connectivity index (χ4n) is 3.18. The lowest BCUT2D eigenvalue weighted by atomic mass is 9.97. The third-order valence-electron chi connectivity index (χ3n) is 4.52. The maximum absolute atomic E-state index is 12.4. The first-order valence-corrected chi connectivity index (χ1v) is 8.88. The predicted octanol–water partition coefficient (Wildman–Crippen LogP) is 1.97. The fraction of sp³-hybridized carbons (Fsp3) is 0.579. The molecule has 1 heterocycles. The Morgan fingerprint density at radius 2 is 1.84 bits per heavy atom. The number of hydrogen-bond acceptors (Lipinski definition) is 4. The van der Waals surface area contributed by atoms with E-state index in [9.17, 15) is 14.7 Å². The Labute approximate surface area is 149 Å². The van der Waals surface area contributed by atoms with E-state index in [4.69, 9.17) is 4.74 Å². The normalized spacial score (nSPS) is 21.5. The molecule has 1 aromatic rings. The zero-order valence-electron chi connectivity index (χ0n) is 15.2. The molecule has 1 aliphatic rings. The highest BCUT2D eigenvalue weighted by atomic mass is 16.5. The van der Waals surface area contributed by atoms with E-state index in [1.54, 1.807) is 31.2 Å². The molecule has 0 spiro atoms. The first kappa shape index (κ1) is 19.2. The van der Waals surface area contributed by atoms with Crippen LogP contribution in [-0.4, -0.2) is 53.2 Å². The summed E-state index contributed by atoms with van der Waals surface area (Å²) in [6, 6.07) is 7.13. The summed E-state index contributed by atoms with van der Waals surface area (Å²) in [5.74, 6) is 0.302. The number of carbonyl (C=O) groups is 2. The van der Waals surface area contributed by atoms with Gasteiger partial charge in [-0.15, -0.1) is 0 Å². The van der Waals surface area contributed by atoms with Crippen molar-refractivity contribution in [2.45, 2.75) is 58.2 Å². The molecular weight excluding hydrogens is 320 g/mol. The van der Waals surface area contributed by atoms with Crippen molar-refractivity contribution in [1.29, 1.82) is 0 Å². The topological polar surface area (TPSA) is 78.9 Å². The van der Waals surface area contributed by atoms with Crippen LogP contribution in [0, 0.1) is 0 Å². The van der Waals surface area contributed by atoms with Crippen LogP contribution < -0.4 is 10.1 Å². The minimum atomic E-state index is -0.586. The number of piperidine rings is 1. The van der Waals surface area contributed by atoms with E-state index in [-0.39, 0.29) is 37.0 Å². The second-order valence-corrected chi connectivity index (χ2v) is 6.80. The number of likely N-dealkylation sites (tertiary alicyclic amines) is 1. The Morgan fingerprint density at radius 1 is 1.24 bits per heavy atom. The van der Waals surface area contributed by atoms with Gasteiger partial charge in [0.05, 0.1) is 6.10 Å². The standard InChI is InChI=1S/C19H28N2O4/c1-13-5-4-6-14(2)21(13)18(23)12-25-17-9-7-16(8-10-17)19(24)20-11-15(3)22/h7-10,13-15,22H,4-6,11-12H2,1-3H3,(H,20,24). The summed E-state index contributed by atoms with van der Waals surface area (Å²) in [5.41, 5.74) is 0.484. The van der Waals surface area contributed by atoms with Gasteiger partial charge in [-0.2, -0.15) is 0 Å². The SMILES string of the molecule is CC(O)CNC(=O)c1ccc(OCC(=O)N2C(C)CCCC2C)cc1. The van der Waals surface area contributed by atoms with Gasteiger partial charge in [0.1, 0.15) is 5.75 Å². The zero-order chi connectivity index (χ0) is 18.4. The summed E-state index contributed by atoms with van der Waals surface area (Å²) in [5, 5.41) is 11.8. The van der Waals surface area contributed by atoms with E-state index < -0.39 is 6.10 Å². The maximum Gasteiger partial charge on any atom is 0.260 e. The van der Waals surface area contributed by atoms with Gasteiger partial charge in [0, 0.05) is 24.2 Å². The highest BCUT2D eigenvalue weighted by Gasteiger charge is 2.28. The average molecular weight is 348 g/mol. The number of amides is 2. The predicted molar refractivity (Wildman–Crippen MR) is 95.6 cm³/mol. The molecule has 2 rings (SSSR count). The van der Waals surface area contributed by atoms with Gasteiger partial charge in [-0.1, -0.05) is 0 Å². The third-order valence-corrected chi connectivity index (χ3v) is 4.52. The van der Waals surface area contributed by atoms with Crippen molar-refractivity contribution in [2.24, 2.45) is 0 Å². The van der Waals surface area contributed by atoms with Crippen molar-refractivity contribution < 1.29 is 19.4 Å². The fourth-order valence-corrected chi connectivity index (χ4v) is 3.18. The molecule has 138 valence electrons. The van der Waals surface area contributed by atoms with Crippen molar-refractivity contribution in [2.75, 3.05) is 13.2 Å². The van der Waals surface area contributed by atoms with E-state index in [0.717, 1.165) is 19.3 Å². The lowest BCUT2D eigenvalue weighted by Crippen LogP contribution is -2.49. The molecule has 2 amide bonds. The number of aliphatic hydroxyl groups is 1. The molecule has 1 fully saturated rings. The van der Waals surface area contributed by atoms with Gasteiger partial charge in [0.2, 0.25) is 0 Å². The number of nitrogens with zero attached hydrogens (tertiary/aromatic N) is 1. The number of hydrogen-bond donors (Lipinski definition) is 2. The van der Waals surface area contributed by atoms with Crippen LogP contribution in [0.3, 0.4) is 0 Å². The van der Waals surface area contributed by atoms with Crippen molar-refractivity contribution in [3.8, 4) is 5.75 Å². The van der Waals surface area contributed by atoms with Crippen LogP contribution in [0.15, 0.2) is 24.3 Å². The quantitative estimate of drug-likeness (QED) is 0.824. The summed E-state index contributed by atoms with van der Waals surface area (Å²) in [4.78, 5) is 26.2. The van der Waals surface area contributed by atoms with E-state index in [2.05, 4.69) is 19.2 Å². The highest BCUT2D eigenvalue weighted by molar-refractivity contribution is 5.94. The van der Waals surface area contributed by atoms with Gasteiger partial charge in [0.25, 0.3) is 11.8 Å². The van der Waals surface area contributed by atoms with Crippen molar-refractivity contribution in [3.05, 3.63) is 29.8 Å². The molecule has 0 aromatic heterocycles. The van der Waals surface area contributed by atoms with Crippen LogP contribution in [0.25, 0.3) is 0 Å². The van der Waals surface area contributed by atoms with Crippen molar-refractivity contribution in [3.63, 3.8) is 0 Å². The molecule has 6 heteroatoms. The molecule has 1 aliphatic heterocycles. The molecule has 3 unspecified atom stereocenters. The minimum Gasteiger partial charge on any atom is -0.484 e. The Morgan fingerprint density at radius 3 is 2.40 bits per heavy atom. The monoisotopic (exact) mass is 348 g/mol. The number of rotatable bonds is 6. The molecular formula is C19H28N2O4. The second kappa shape index (κ2) is 8.85. The van der Waals surface area contributed by atoms with Gasteiger partial charge in [-0.25, -0.2) is 0 Å². The zero-order valence-corrected chi connectivity index (χ0v) is 15.2. The molecule has 25 heavy (non-hydrogen) atoms. The minimum absolute atomic E-state index is 0.00143. The second-order valence-electron chi connectivity index (χ2n) is 6.80. The van der Waals surface area contributed by atoms with Crippen LogP contribution in [0.1, 0.15) is 50.4 Å². The third kappa shape index (κ3) is 5.46. The molecule has 0 saturated carbocycles. The van der Waals surface area contributed by atoms with Crippen LogP contribution in [0.4, 0.5) is 0 Å². The van der Waals surface area contributed by atoms with Gasteiger partial charge in [-0.05, 0) is 64.3 Å². The summed E-state index contributed by atoms with van der Waals surface area (Å²) in [6.45, 7) is 5.97. The van der Waals surface area contributed by atoms with Crippen LogP contribution in [0.2, 0.25) is 0 Å². The molecule has 6 nitrogen and oxygen atoms in total. The highest BCUT2D eigenvalue weighted by Crippen LogP contribution is 2.22. The van der Waals surface area contributed by atoms with Gasteiger partial charge >= 0.3 is 0 Å². The van der Waals surface area contributed by atoms with Crippen molar-refractivity contribution in [1.82, 2.24) is 10.2 Å². The van der Waals surface area contributed by atoms with Crippen LogP contribution >= 0.6 is 0 Å². The number of aliphatic hydroxyl groups excluding tert-OH is 1. The largest absolute Gasteiger partial charge is 0.484 e. The first-order valence-electron chi connectivity index (χ1n) is 8.88. The summed E-state index contributed by atoms with van der Waals surface area (Å²) in [6.07, 6.45) is 2.64. The van der Waals surface area contributed by atoms with Crippen LogP contribution in [-0.2, 0) is 4.79 Å². The van der Waals surface area contributed by atoms with Crippen LogP contribution in [0.5, 0.6) is 5.75 Å². The summed E-state index contributed by atoms with van der Waals surface area (Å²) >= 11 is 0. The summed E-state index contributed by atoms with van der Waals surface area (Å²) < 4.78 is 5.59. The van der Waals surface area contributed by atoms with Gasteiger partial charge in [-0.3, -0.25) is 9.59 Å². The number of nitrogens with one attached hydrogen (secondary N) is 1. The average Bonchev–Trinajstić information content (AvgIpc) is 2.58. The van der Waals surface area contributed by atoms with E-state index in [1.165, 1.54) is 0 Å². The Kier molecular flexibility index (Phi) is 6.82. The lowest BCUT2D eigenvalue weighted by molar-refractivity contribution is -0.139. The Hall–Kier alpha value is -2.08. The smallest absolute Gasteiger partial charge is 0.260 e. The van der Waals surface area contributed by atoms with Gasteiger partial charge < -0.3 is 20.1 Å². The molecule has 1 saturated heterocycles. The Bertz CT molecular complexity index is 576. The first-order chi connectivity index (χ1) is 11.9. The molecule has 0 bridgehead atoms. The molecule has 3 atom stereocenters. The van der Waals surface area contributed by atoms with Gasteiger partial charge in [0.15, 0.2) is 6.61 Å². The number of carbonyl (C=O) groups excluding carboxylic acids is 2. The maximum atomic E-state index is 12.4. The molecule has 0 aliphatic carbocycles. The molecule has 1 aromatic carbocycles. The van der Waals surface area contributed by atoms with Crippen molar-refractivity contribution >= 4 is 11.8 Å². The Balaban J connectivity index is 1.86. The molecule has 2 N–H and O–H groups in total. The lowest BCUT2D eigenvalue weighted by Gasteiger charge is -2.38. The van der Waals surface area contributed by atoms with E-state index >= 15 is 0 Å². The van der Waals surface area contributed by atoms with E-state index in [1.807, 2.05) is 4.90 Å². The molecule has 0 radical (unpaired) electrons. The van der Waals surface area contributed by atoms with E-state index in [0.29, 0.717) is 11.3 Å².